The number of urea groups is 1. The fraction of sp³-hybridized carbons (Fsp3) is 0.730. The van der Waals surface area contributed by atoms with E-state index in [2.05, 4.69) is 21.3 Å². The van der Waals surface area contributed by atoms with Crippen LogP contribution < -0.4 is 21.3 Å². The molecule has 276 valence electrons. The van der Waals surface area contributed by atoms with Gasteiger partial charge in [-0.15, -0.1) is 0 Å². The van der Waals surface area contributed by atoms with Crippen LogP contribution in [0.1, 0.15) is 104 Å². The van der Waals surface area contributed by atoms with Crippen molar-refractivity contribution in [2.24, 2.45) is 11.8 Å². The van der Waals surface area contributed by atoms with Gasteiger partial charge in [-0.1, -0.05) is 76.3 Å². The molecule has 1 heterocycles. The van der Waals surface area contributed by atoms with Crippen molar-refractivity contribution in [2.75, 3.05) is 19.6 Å². The third-order valence-corrected chi connectivity index (χ3v) is 9.23. The van der Waals surface area contributed by atoms with E-state index in [1.165, 1.54) is 6.42 Å². The molecule has 12 heteroatoms. The zero-order chi connectivity index (χ0) is 36.0. The van der Waals surface area contributed by atoms with Gasteiger partial charge in [-0.2, -0.15) is 0 Å². The van der Waals surface area contributed by atoms with E-state index < -0.39 is 41.9 Å². The number of hydrogen-bond acceptors (Lipinski definition) is 7. The zero-order valence-corrected chi connectivity index (χ0v) is 30.2. The van der Waals surface area contributed by atoms with Gasteiger partial charge in [0.2, 0.25) is 11.8 Å². The molecule has 12 nitrogen and oxygen atoms in total. The fourth-order valence-corrected chi connectivity index (χ4v) is 6.66. The van der Waals surface area contributed by atoms with E-state index in [0.717, 1.165) is 31.2 Å². The van der Waals surface area contributed by atoms with E-state index in [-0.39, 0.29) is 43.3 Å². The van der Waals surface area contributed by atoms with Crippen LogP contribution in [0.5, 0.6) is 0 Å². The highest BCUT2D eigenvalue weighted by molar-refractivity contribution is 5.87. The summed E-state index contributed by atoms with van der Waals surface area (Å²) >= 11 is 0. The summed E-state index contributed by atoms with van der Waals surface area (Å²) in [4.78, 5) is 53.6. The van der Waals surface area contributed by atoms with Crippen molar-refractivity contribution in [2.45, 2.75) is 141 Å². The van der Waals surface area contributed by atoms with Gasteiger partial charge in [0.25, 0.3) is 0 Å². The summed E-state index contributed by atoms with van der Waals surface area (Å²) in [7, 11) is 0. The lowest BCUT2D eigenvalue weighted by Gasteiger charge is -2.33. The minimum absolute atomic E-state index is 0.00985. The maximum Gasteiger partial charge on any atom is 0.407 e. The summed E-state index contributed by atoms with van der Waals surface area (Å²) < 4.78 is 5.35. The van der Waals surface area contributed by atoms with Crippen molar-refractivity contribution in [3.8, 4) is 0 Å². The molecular formula is C37H61N5O7. The molecule has 0 bridgehead atoms. The number of ether oxygens (including phenoxy) is 1. The summed E-state index contributed by atoms with van der Waals surface area (Å²) in [6.07, 6.45) is 5.46. The van der Waals surface area contributed by atoms with Crippen LogP contribution in [0.2, 0.25) is 0 Å². The lowest BCUT2D eigenvalue weighted by atomic mass is 9.82. The van der Waals surface area contributed by atoms with Gasteiger partial charge in [-0.05, 0) is 63.9 Å². The van der Waals surface area contributed by atoms with Gasteiger partial charge in [0.1, 0.15) is 17.7 Å². The molecule has 4 atom stereocenters. The Labute approximate surface area is 292 Å². The average Bonchev–Trinajstić information content (AvgIpc) is 3.03. The van der Waals surface area contributed by atoms with Crippen molar-refractivity contribution in [1.82, 2.24) is 26.2 Å². The fourth-order valence-electron chi connectivity index (χ4n) is 6.66. The first-order valence-corrected chi connectivity index (χ1v) is 18.2. The summed E-state index contributed by atoms with van der Waals surface area (Å²) in [6.45, 7) is 10.2. The van der Waals surface area contributed by atoms with Gasteiger partial charge in [0, 0.05) is 38.5 Å². The lowest BCUT2D eigenvalue weighted by Crippen LogP contribution is -2.55. The first-order chi connectivity index (χ1) is 23.2. The van der Waals surface area contributed by atoms with Crippen LogP contribution in [0.3, 0.4) is 0 Å². The number of nitrogens with zero attached hydrogens (tertiary/aromatic N) is 1. The van der Waals surface area contributed by atoms with E-state index in [1.54, 1.807) is 25.7 Å². The van der Waals surface area contributed by atoms with Gasteiger partial charge < -0.3 is 41.1 Å². The average molecular weight is 688 g/mol. The topological polar surface area (TPSA) is 169 Å². The van der Waals surface area contributed by atoms with Crippen LogP contribution in [0.15, 0.2) is 30.3 Å². The van der Waals surface area contributed by atoms with Crippen LogP contribution >= 0.6 is 0 Å². The number of aliphatic hydroxyl groups excluding tert-OH is 2. The molecule has 1 saturated carbocycles. The monoisotopic (exact) mass is 687 g/mol. The summed E-state index contributed by atoms with van der Waals surface area (Å²) in [6, 6.07) is 7.46. The molecule has 49 heavy (non-hydrogen) atoms. The molecule has 5 amide bonds. The first kappa shape index (κ1) is 40.1. The van der Waals surface area contributed by atoms with Crippen molar-refractivity contribution in [3.63, 3.8) is 0 Å². The standard InChI is InChI=1S/C37H61N5O7/c1-25(2)22-31(43)33(45)29(23-26-12-8-6-9-13-26)40-32(44)16-19-38-34(46)30(24-27-14-10-7-11-15-27)41-35(47)42-20-17-28(18-21-42)39-36(48)49-37(3,4)5/h7,10-11,14-15,25-26,28-31,33,43,45H,6,8-9,12-13,16-24H2,1-5H3,(H,38,46)(H,39,48)(H,40,44)(H,41,47)/t29-,30-,31-,33+/m0/s1. The Morgan fingerprint density at radius 2 is 1.59 bits per heavy atom. The number of alkyl carbamates (subject to hydrolysis) is 1. The predicted octanol–water partition coefficient (Wildman–Crippen LogP) is 4.03. The molecule has 0 radical (unpaired) electrons. The Morgan fingerprint density at radius 3 is 2.20 bits per heavy atom. The van der Waals surface area contributed by atoms with Crippen LogP contribution in [0.4, 0.5) is 9.59 Å². The lowest BCUT2D eigenvalue weighted by molar-refractivity contribution is -0.124. The van der Waals surface area contributed by atoms with Crippen LogP contribution in [0, 0.1) is 11.8 Å². The summed E-state index contributed by atoms with van der Waals surface area (Å²) in [5.41, 5.74) is 0.277. The van der Waals surface area contributed by atoms with Crippen LogP contribution in [0.25, 0.3) is 0 Å². The normalized spacial score (nSPS) is 18.6. The Bertz CT molecular complexity index is 1180. The number of piperidine rings is 1. The molecule has 6 N–H and O–H groups in total. The maximum absolute atomic E-state index is 13.4. The van der Waals surface area contributed by atoms with Gasteiger partial charge in [0.05, 0.1) is 12.1 Å². The Kier molecular flexibility index (Phi) is 16.1. The van der Waals surface area contributed by atoms with Crippen molar-refractivity contribution in [1.29, 1.82) is 0 Å². The number of carbonyl (C=O) groups is 4. The van der Waals surface area contributed by atoms with E-state index >= 15 is 0 Å². The minimum Gasteiger partial charge on any atom is -0.444 e. The third-order valence-electron chi connectivity index (χ3n) is 9.23. The molecule has 1 aromatic rings. The Balaban J connectivity index is 1.54. The zero-order valence-electron chi connectivity index (χ0n) is 30.2. The molecule has 0 unspecified atom stereocenters. The highest BCUT2D eigenvalue weighted by atomic mass is 16.6. The largest absolute Gasteiger partial charge is 0.444 e. The highest BCUT2D eigenvalue weighted by Gasteiger charge is 2.32. The van der Waals surface area contributed by atoms with Crippen molar-refractivity contribution in [3.05, 3.63) is 35.9 Å². The molecule has 2 aliphatic rings. The molecule has 1 aromatic carbocycles. The number of amides is 5. The number of likely N-dealkylation sites (tertiary alicyclic amines) is 1. The van der Waals surface area contributed by atoms with E-state index in [1.807, 2.05) is 44.2 Å². The molecular weight excluding hydrogens is 626 g/mol. The second-order valence-electron chi connectivity index (χ2n) is 15.2. The third kappa shape index (κ3) is 15.0. The first-order valence-electron chi connectivity index (χ1n) is 18.2. The summed E-state index contributed by atoms with van der Waals surface area (Å²) in [5.74, 6) is -0.140. The second kappa shape index (κ2) is 19.7. The summed E-state index contributed by atoms with van der Waals surface area (Å²) in [5, 5.41) is 33.2. The molecule has 3 rings (SSSR count). The van der Waals surface area contributed by atoms with Gasteiger partial charge >= 0.3 is 12.1 Å². The minimum atomic E-state index is -1.08. The quantitative estimate of drug-likeness (QED) is 0.162. The molecule has 1 aliphatic heterocycles. The maximum atomic E-state index is 13.4. The number of rotatable bonds is 15. The number of benzene rings is 1. The van der Waals surface area contributed by atoms with Gasteiger partial charge in [-0.25, -0.2) is 9.59 Å². The second-order valence-corrected chi connectivity index (χ2v) is 15.2. The van der Waals surface area contributed by atoms with Crippen LogP contribution in [-0.4, -0.2) is 94.6 Å². The van der Waals surface area contributed by atoms with Gasteiger partial charge in [0.15, 0.2) is 0 Å². The highest BCUT2D eigenvalue weighted by Crippen LogP contribution is 2.29. The molecule has 2 fully saturated rings. The number of aliphatic hydroxyl groups is 2. The SMILES string of the molecule is CC(C)C[C@H](O)[C@H](O)[C@H](CC1CCCCC1)NC(=O)CCNC(=O)[C@H](Cc1ccccc1)NC(=O)N1CCC(NC(=O)OC(C)(C)C)CC1. The van der Waals surface area contributed by atoms with Gasteiger partial charge in [-0.3, -0.25) is 9.59 Å². The van der Waals surface area contributed by atoms with E-state index in [4.69, 9.17) is 4.74 Å². The van der Waals surface area contributed by atoms with Crippen molar-refractivity contribution < 1.29 is 34.1 Å². The molecule has 1 aliphatic carbocycles. The smallest absolute Gasteiger partial charge is 0.407 e. The Hall–Kier alpha value is -3.38. The number of nitrogens with one attached hydrogen (secondary N) is 4. The predicted molar refractivity (Wildman–Crippen MR) is 189 cm³/mol. The molecule has 1 saturated heterocycles. The number of carbonyl (C=O) groups excluding carboxylic acids is 4. The molecule has 0 spiro atoms. The van der Waals surface area contributed by atoms with Crippen LogP contribution in [-0.2, 0) is 20.7 Å². The molecule has 0 aromatic heterocycles. The number of hydrogen-bond donors (Lipinski definition) is 6. The Morgan fingerprint density at radius 1 is 0.939 bits per heavy atom. The van der Waals surface area contributed by atoms with E-state index in [9.17, 15) is 29.4 Å². The van der Waals surface area contributed by atoms with Crippen molar-refractivity contribution >= 4 is 23.9 Å². The van der Waals surface area contributed by atoms with E-state index in [0.29, 0.717) is 44.7 Å².